The molecular formula is C14H19ClN3O2+. The van der Waals surface area contributed by atoms with Crippen LogP contribution in [0, 0.1) is 0 Å². The van der Waals surface area contributed by atoms with Crippen LogP contribution in [0.2, 0.25) is 5.02 Å². The van der Waals surface area contributed by atoms with Gasteiger partial charge in [0, 0.05) is 16.6 Å². The van der Waals surface area contributed by atoms with Crippen LogP contribution in [0.5, 0.6) is 0 Å². The Bertz CT molecular complexity index is 503. The number of nitrogens with two attached hydrogens (primary N) is 1. The lowest BCUT2D eigenvalue weighted by Crippen LogP contribution is -2.87. The number of nitrogens with one attached hydrogen (secondary N) is 2. The largest absolute Gasteiger partial charge is 0.335 e. The van der Waals surface area contributed by atoms with Crippen LogP contribution in [-0.2, 0) is 4.79 Å². The highest BCUT2D eigenvalue weighted by Crippen LogP contribution is 2.18. The summed E-state index contributed by atoms with van der Waals surface area (Å²) in [7, 11) is 0. The zero-order chi connectivity index (χ0) is 14.5. The average molecular weight is 297 g/mol. The Hall–Kier alpha value is -1.59. The van der Waals surface area contributed by atoms with E-state index in [1.807, 2.05) is 36.5 Å². The van der Waals surface area contributed by atoms with Crippen LogP contribution in [0.3, 0.4) is 0 Å². The maximum absolute atomic E-state index is 11.6. The Morgan fingerprint density at radius 3 is 2.85 bits per heavy atom. The van der Waals surface area contributed by atoms with Crippen LogP contribution in [-0.4, -0.2) is 24.5 Å². The third kappa shape index (κ3) is 4.83. The van der Waals surface area contributed by atoms with Gasteiger partial charge in [-0.1, -0.05) is 23.7 Å². The number of amides is 3. The van der Waals surface area contributed by atoms with Crippen molar-refractivity contribution in [3.05, 3.63) is 34.9 Å². The number of carbonyl (C=O) groups excluding carboxylic acids is 2. The van der Waals surface area contributed by atoms with E-state index in [1.165, 1.54) is 0 Å². The van der Waals surface area contributed by atoms with Crippen molar-refractivity contribution in [1.82, 2.24) is 10.6 Å². The number of hydrogen-bond donors (Lipinski definition) is 3. The van der Waals surface area contributed by atoms with Gasteiger partial charge in [0.15, 0.2) is 6.54 Å². The highest BCUT2D eigenvalue weighted by atomic mass is 35.5. The minimum absolute atomic E-state index is 0.103. The summed E-state index contributed by atoms with van der Waals surface area (Å²) >= 11 is 5.93. The molecule has 5 nitrogen and oxygen atoms in total. The molecule has 108 valence electrons. The van der Waals surface area contributed by atoms with Crippen molar-refractivity contribution in [2.24, 2.45) is 0 Å². The molecule has 1 fully saturated rings. The van der Waals surface area contributed by atoms with E-state index in [-0.39, 0.29) is 24.5 Å². The normalized spacial score (nSPS) is 15.5. The molecule has 1 aromatic carbocycles. The lowest BCUT2D eigenvalue weighted by atomic mass is 10.1. The number of rotatable bonds is 5. The highest BCUT2D eigenvalue weighted by Gasteiger charge is 2.24. The monoisotopic (exact) mass is 296 g/mol. The van der Waals surface area contributed by atoms with E-state index in [1.54, 1.807) is 0 Å². The average Bonchev–Trinajstić information content (AvgIpc) is 3.19. The first kappa shape index (κ1) is 14.8. The van der Waals surface area contributed by atoms with Crippen molar-refractivity contribution >= 4 is 23.5 Å². The zero-order valence-electron chi connectivity index (χ0n) is 11.4. The molecule has 1 aliphatic rings. The van der Waals surface area contributed by atoms with Gasteiger partial charge in [0.05, 0.1) is 0 Å². The van der Waals surface area contributed by atoms with Crippen LogP contribution >= 0.6 is 11.6 Å². The molecule has 0 aromatic heterocycles. The van der Waals surface area contributed by atoms with E-state index >= 15 is 0 Å². The summed E-state index contributed by atoms with van der Waals surface area (Å²) in [6, 6.07) is 7.48. The third-order valence-electron chi connectivity index (χ3n) is 3.20. The predicted molar refractivity (Wildman–Crippen MR) is 76.4 cm³/mol. The van der Waals surface area contributed by atoms with E-state index in [4.69, 9.17) is 11.6 Å². The molecular weight excluding hydrogens is 278 g/mol. The standard InChI is InChI=1S/C14H18ClN3O2/c1-9(10-3-2-4-11(15)7-10)16-8-13(19)18-14(20)17-12-5-6-12/h2-4,7,9,12,16H,5-6,8H2,1H3,(H2,17,18,19,20)/p+1/t9-/m1/s1. The van der Waals surface area contributed by atoms with Crippen molar-refractivity contribution in [3.63, 3.8) is 0 Å². The Morgan fingerprint density at radius 2 is 2.20 bits per heavy atom. The Kier molecular flexibility index (Phi) is 4.98. The fraction of sp³-hybridized carbons (Fsp3) is 0.429. The van der Waals surface area contributed by atoms with Gasteiger partial charge in [0.25, 0.3) is 5.91 Å². The lowest BCUT2D eigenvalue weighted by Gasteiger charge is -2.11. The molecule has 2 rings (SSSR count). The van der Waals surface area contributed by atoms with Gasteiger partial charge in [-0.05, 0) is 31.9 Å². The van der Waals surface area contributed by atoms with Crippen LogP contribution in [0.15, 0.2) is 24.3 Å². The quantitative estimate of drug-likeness (QED) is 0.757. The van der Waals surface area contributed by atoms with E-state index in [9.17, 15) is 9.59 Å². The molecule has 1 atom stereocenters. The van der Waals surface area contributed by atoms with Crippen molar-refractivity contribution in [1.29, 1.82) is 0 Å². The van der Waals surface area contributed by atoms with Crippen LogP contribution in [0.1, 0.15) is 31.4 Å². The number of urea groups is 1. The van der Waals surface area contributed by atoms with Crippen molar-refractivity contribution in [2.45, 2.75) is 31.8 Å². The molecule has 20 heavy (non-hydrogen) atoms. The molecule has 4 N–H and O–H groups in total. The molecule has 1 aliphatic carbocycles. The first-order valence-electron chi connectivity index (χ1n) is 6.73. The van der Waals surface area contributed by atoms with E-state index in [0.717, 1.165) is 18.4 Å². The van der Waals surface area contributed by atoms with Gasteiger partial charge >= 0.3 is 6.03 Å². The maximum atomic E-state index is 11.6. The minimum Gasteiger partial charge on any atom is -0.335 e. The second-order valence-electron chi connectivity index (χ2n) is 5.08. The number of quaternary nitrogens is 1. The topological polar surface area (TPSA) is 74.8 Å². The summed E-state index contributed by atoms with van der Waals surface area (Å²) in [4.78, 5) is 23.0. The molecule has 0 aliphatic heterocycles. The smallest absolute Gasteiger partial charge is 0.321 e. The SMILES string of the molecule is C[C@@H]([NH2+]CC(=O)NC(=O)NC1CC1)c1cccc(Cl)c1. The Balaban J connectivity index is 1.73. The van der Waals surface area contributed by atoms with Gasteiger partial charge in [-0.2, -0.15) is 0 Å². The summed E-state index contributed by atoms with van der Waals surface area (Å²) < 4.78 is 0. The lowest BCUT2D eigenvalue weighted by molar-refractivity contribution is -0.682. The van der Waals surface area contributed by atoms with Gasteiger partial charge in [0.2, 0.25) is 0 Å². The Labute approximate surface area is 123 Å². The fourth-order valence-corrected chi connectivity index (χ4v) is 2.04. The summed E-state index contributed by atoms with van der Waals surface area (Å²) in [5.74, 6) is -0.294. The number of benzene rings is 1. The second kappa shape index (κ2) is 6.72. The molecule has 1 saturated carbocycles. The molecule has 1 aromatic rings. The highest BCUT2D eigenvalue weighted by molar-refractivity contribution is 6.30. The molecule has 0 heterocycles. The van der Waals surface area contributed by atoms with E-state index < -0.39 is 6.03 Å². The summed E-state index contributed by atoms with van der Waals surface area (Å²) in [5, 5.41) is 7.58. The molecule has 3 amide bonds. The molecule has 6 heteroatoms. The second-order valence-corrected chi connectivity index (χ2v) is 5.52. The van der Waals surface area contributed by atoms with Crippen LogP contribution < -0.4 is 16.0 Å². The molecule has 0 unspecified atom stereocenters. The van der Waals surface area contributed by atoms with Gasteiger partial charge in [0.1, 0.15) is 6.04 Å². The fourth-order valence-electron chi connectivity index (χ4n) is 1.84. The summed E-state index contributed by atoms with van der Waals surface area (Å²) in [5.41, 5.74) is 1.05. The molecule has 0 saturated heterocycles. The first-order chi connectivity index (χ1) is 9.54. The minimum atomic E-state index is -0.402. The molecule has 0 bridgehead atoms. The van der Waals surface area contributed by atoms with E-state index in [0.29, 0.717) is 5.02 Å². The maximum Gasteiger partial charge on any atom is 0.321 e. The number of halogens is 1. The van der Waals surface area contributed by atoms with Crippen molar-refractivity contribution in [3.8, 4) is 0 Å². The van der Waals surface area contributed by atoms with Gasteiger partial charge in [-0.25, -0.2) is 4.79 Å². The van der Waals surface area contributed by atoms with E-state index in [2.05, 4.69) is 10.6 Å². The predicted octanol–water partition coefficient (Wildman–Crippen LogP) is 0.953. The van der Waals surface area contributed by atoms with Crippen LogP contribution in [0.25, 0.3) is 0 Å². The number of imide groups is 1. The van der Waals surface area contributed by atoms with Crippen molar-refractivity contribution < 1.29 is 14.9 Å². The van der Waals surface area contributed by atoms with Crippen molar-refractivity contribution in [2.75, 3.05) is 6.54 Å². The zero-order valence-corrected chi connectivity index (χ0v) is 12.1. The number of hydrogen-bond acceptors (Lipinski definition) is 2. The van der Waals surface area contributed by atoms with Crippen LogP contribution in [0.4, 0.5) is 4.79 Å². The number of carbonyl (C=O) groups is 2. The molecule has 0 spiro atoms. The van der Waals surface area contributed by atoms with Gasteiger partial charge in [-0.3, -0.25) is 10.1 Å². The van der Waals surface area contributed by atoms with Gasteiger partial charge in [-0.15, -0.1) is 0 Å². The third-order valence-corrected chi connectivity index (χ3v) is 3.43. The first-order valence-corrected chi connectivity index (χ1v) is 7.11. The summed E-state index contributed by atoms with van der Waals surface area (Å²) in [6.07, 6.45) is 2.00. The Morgan fingerprint density at radius 1 is 1.45 bits per heavy atom. The van der Waals surface area contributed by atoms with Gasteiger partial charge < -0.3 is 10.6 Å². The molecule has 0 radical (unpaired) electrons. The summed E-state index contributed by atoms with van der Waals surface area (Å²) in [6.45, 7) is 2.19.